The highest BCUT2D eigenvalue weighted by atomic mass is 16.4. The van der Waals surface area contributed by atoms with Crippen LogP contribution in [-0.4, -0.2) is 44.8 Å². The number of rotatable bonds is 3. The molecule has 1 aliphatic carbocycles. The van der Waals surface area contributed by atoms with E-state index < -0.39 is 11.4 Å². The fourth-order valence-corrected chi connectivity index (χ4v) is 3.85. The van der Waals surface area contributed by atoms with E-state index in [1.54, 1.807) is 11.8 Å². The minimum Gasteiger partial charge on any atom is -0.481 e. The summed E-state index contributed by atoms with van der Waals surface area (Å²) in [6, 6.07) is 9.84. The largest absolute Gasteiger partial charge is 0.481 e. The Balaban J connectivity index is 1.68. The molecular weight excluding hydrogens is 318 g/mol. The van der Waals surface area contributed by atoms with Crippen molar-refractivity contribution < 1.29 is 14.7 Å². The number of benzene rings is 1. The number of hydrogen-bond donors (Lipinski definition) is 1. The van der Waals surface area contributed by atoms with E-state index in [1.165, 1.54) is 0 Å². The molecular formula is C19H21N3O3. The second kappa shape index (κ2) is 5.72. The first-order chi connectivity index (χ1) is 12.0. The molecule has 1 saturated heterocycles. The molecule has 0 saturated carbocycles. The maximum Gasteiger partial charge on any atom is 0.311 e. The van der Waals surface area contributed by atoms with E-state index in [0.717, 1.165) is 36.2 Å². The Hall–Kier alpha value is -2.63. The third-order valence-corrected chi connectivity index (χ3v) is 5.41. The molecule has 1 aromatic carbocycles. The fourth-order valence-electron chi connectivity index (χ4n) is 3.85. The van der Waals surface area contributed by atoms with Crippen molar-refractivity contribution in [3.05, 3.63) is 47.3 Å². The summed E-state index contributed by atoms with van der Waals surface area (Å²) >= 11 is 0. The van der Waals surface area contributed by atoms with Crippen molar-refractivity contribution in [2.75, 3.05) is 13.1 Å². The summed E-state index contributed by atoms with van der Waals surface area (Å²) in [5, 5.41) is 14.0. The lowest BCUT2D eigenvalue weighted by Gasteiger charge is -2.19. The molecule has 25 heavy (non-hydrogen) atoms. The molecule has 6 heteroatoms. The van der Waals surface area contributed by atoms with Crippen LogP contribution < -0.4 is 0 Å². The number of carbonyl (C=O) groups is 2. The van der Waals surface area contributed by atoms with Gasteiger partial charge in [0.1, 0.15) is 0 Å². The van der Waals surface area contributed by atoms with Crippen LogP contribution in [-0.2, 0) is 17.6 Å². The highest BCUT2D eigenvalue weighted by molar-refractivity contribution is 5.95. The average molecular weight is 339 g/mol. The number of amides is 1. The van der Waals surface area contributed by atoms with E-state index in [0.29, 0.717) is 18.7 Å². The van der Waals surface area contributed by atoms with Gasteiger partial charge in [0.2, 0.25) is 0 Å². The highest BCUT2D eigenvalue weighted by Crippen LogP contribution is 2.33. The zero-order chi connectivity index (χ0) is 17.6. The van der Waals surface area contributed by atoms with Gasteiger partial charge in [-0.1, -0.05) is 18.2 Å². The topological polar surface area (TPSA) is 75.4 Å². The lowest BCUT2D eigenvalue weighted by Crippen LogP contribution is -2.35. The van der Waals surface area contributed by atoms with Gasteiger partial charge in [-0.2, -0.15) is 5.10 Å². The summed E-state index contributed by atoms with van der Waals surface area (Å²) in [6.07, 6.45) is 3.27. The first-order valence-electron chi connectivity index (χ1n) is 8.68. The number of para-hydroxylation sites is 1. The van der Waals surface area contributed by atoms with Gasteiger partial charge in [-0.3, -0.25) is 9.59 Å². The molecule has 1 atom stereocenters. The van der Waals surface area contributed by atoms with Gasteiger partial charge < -0.3 is 10.0 Å². The average Bonchev–Trinajstić information content (AvgIpc) is 3.30. The molecule has 1 amide bonds. The van der Waals surface area contributed by atoms with Gasteiger partial charge in [0, 0.05) is 24.3 Å². The summed E-state index contributed by atoms with van der Waals surface area (Å²) in [4.78, 5) is 26.1. The molecule has 1 unspecified atom stereocenters. The van der Waals surface area contributed by atoms with E-state index >= 15 is 0 Å². The van der Waals surface area contributed by atoms with Gasteiger partial charge in [0.15, 0.2) is 5.69 Å². The number of carbonyl (C=O) groups excluding carboxylic acids is 1. The van der Waals surface area contributed by atoms with Crippen molar-refractivity contribution in [2.45, 2.75) is 32.6 Å². The molecule has 130 valence electrons. The Labute approximate surface area is 146 Å². The lowest BCUT2D eigenvalue weighted by molar-refractivity contribution is -0.147. The third kappa shape index (κ3) is 2.52. The van der Waals surface area contributed by atoms with Crippen LogP contribution in [0.4, 0.5) is 0 Å². The van der Waals surface area contributed by atoms with E-state index in [9.17, 15) is 14.7 Å². The first kappa shape index (κ1) is 15.9. The quantitative estimate of drug-likeness (QED) is 0.931. The Morgan fingerprint density at radius 3 is 2.64 bits per heavy atom. The van der Waals surface area contributed by atoms with Crippen molar-refractivity contribution in [3.63, 3.8) is 0 Å². The number of carboxylic acids is 1. The number of hydrogen-bond acceptors (Lipinski definition) is 3. The number of aromatic nitrogens is 2. The molecule has 6 nitrogen and oxygen atoms in total. The zero-order valence-electron chi connectivity index (χ0n) is 14.2. The number of nitrogens with zero attached hydrogens (tertiary/aromatic N) is 3. The van der Waals surface area contributed by atoms with Gasteiger partial charge in [0.05, 0.1) is 11.1 Å². The van der Waals surface area contributed by atoms with Gasteiger partial charge in [-0.15, -0.1) is 0 Å². The van der Waals surface area contributed by atoms with Crippen molar-refractivity contribution in [2.24, 2.45) is 5.41 Å². The Morgan fingerprint density at radius 2 is 1.96 bits per heavy atom. The molecule has 1 aliphatic heterocycles. The second-order valence-corrected chi connectivity index (χ2v) is 7.22. The van der Waals surface area contributed by atoms with Crippen LogP contribution in [0.5, 0.6) is 0 Å². The lowest BCUT2D eigenvalue weighted by atomic mass is 9.90. The number of aliphatic carboxylic acids is 1. The fraction of sp³-hybridized carbons (Fsp3) is 0.421. The van der Waals surface area contributed by atoms with Crippen molar-refractivity contribution in [1.29, 1.82) is 0 Å². The number of fused-ring (bicyclic) bond motifs is 1. The maximum atomic E-state index is 13.0. The second-order valence-electron chi connectivity index (χ2n) is 7.22. The Bertz CT molecular complexity index is 843. The van der Waals surface area contributed by atoms with E-state index in [4.69, 9.17) is 0 Å². The first-order valence-corrected chi connectivity index (χ1v) is 8.68. The Morgan fingerprint density at radius 1 is 1.20 bits per heavy atom. The minimum atomic E-state index is -0.860. The number of carboxylic acid groups (broad SMARTS) is 1. The molecule has 1 N–H and O–H groups in total. The van der Waals surface area contributed by atoms with Gasteiger partial charge in [-0.05, 0) is 44.7 Å². The third-order valence-electron chi connectivity index (χ3n) is 5.41. The predicted molar refractivity (Wildman–Crippen MR) is 91.9 cm³/mol. The van der Waals surface area contributed by atoms with Crippen LogP contribution in [0.1, 0.15) is 41.5 Å². The van der Waals surface area contributed by atoms with Crippen LogP contribution >= 0.6 is 0 Å². The van der Waals surface area contributed by atoms with Crippen LogP contribution in [0.25, 0.3) is 5.69 Å². The summed E-state index contributed by atoms with van der Waals surface area (Å²) in [5.41, 5.74) is 2.72. The molecule has 2 aliphatic rings. The molecule has 0 spiro atoms. The summed E-state index contributed by atoms with van der Waals surface area (Å²) in [6.45, 7) is 2.42. The minimum absolute atomic E-state index is 0.141. The number of likely N-dealkylation sites (tertiary alicyclic amines) is 1. The summed E-state index contributed by atoms with van der Waals surface area (Å²) < 4.78 is 1.88. The molecule has 0 bridgehead atoms. The normalized spacial score (nSPS) is 22.2. The molecule has 2 aromatic rings. The summed E-state index contributed by atoms with van der Waals surface area (Å²) in [7, 11) is 0. The van der Waals surface area contributed by atoms with Crippen LogP contribution in [0, 0.1) is 5.41 Å². The maximum absolute atomic E-state index is 13.0. The molecule has 1 fully saturated rings. The van der Waals surface area contributed by atoms with Crippen LogP contribution in [0.2, 0.25) is 0 Å². The van der Waals surface area contributed by atoms with Gasteiger partial charge >= 0.3 is 5.97 Å². The van der Waals surface area contributed by atoms with Crippen molar-refractivity contribution in [1.82, 2.24) is 14.7 Å². The van der Waals surface area contributed by atoms with Crippen LogP contribution in [0.3, 0.4) is 0 Å². The smallest absolute Gasteiger partial charge is 0.311 e. The van der Waals surface area contributed by atoms with Crippen molar-refractivity contribution in [3.8, 4) is 5.69 Å². The standard InChI is InChI=1S/C19H21N3O3/c1-19(18(24)25)10-11-21(12-19)17(23)16-14-8-5-9-15(14)22(20-16)13-6-3-2-4-7-13/h2-4,6-7H,5,8-12H2,1H3,(H,24,25). The monoisotopic (exact) mass is 339 g/mol. The SMILES string of the molecule is CC1(C(=O)O)CCN(C(=O)c2nn(-c3ccccc3)c3c2CCC3)C1. The molecule has 1 aromatic heterocycles. The highest BCUT2D eigenvalue weighted by Gasteiger charge is 2.43. The van der Waals surface area contributed by atoms with Crippen LogP contribution in [0.15, 0.2) is 30.3 Å². The van der Waals surface area contributed by atoms with Crippen molar-refractivity contribution >= 4 is 11.9 Å². The zero-order valence-corrected chi connectivity index (χ0v) is 14.2. The van der Waals surface area contributed by atoms with E-state index in [2.05, 4.69) is 5.10 Å². The Kier molecular flexibility index (Phi) is 3.63. The summed E-state index contributed by atoms with van der Waals surface area (Å²) in [5.74, 6) is -0.986. The predicted octanol–water partition coefficient (Wildman–Crippen LogP) is 2.30. The molecule has 2 heterocycles. The molecule has 4 rings (SSSR count). The van der Waals surface area contributed by atoms with Gasteiger partial charge in [0.25, 0.3) is 5.91 Å². The molecule has 0 radical (unpaired) electrons. The van der Waals surface area contributed by atoms with E-state index in [-0.39, 0.29) is 12.5 Å². The van der Waals surface area contributed by atoms with Gasteiger partial charge in [-0.25, -0.2) is 4.68 Å². The van der Waals surface area contributed by atoms with E-state index in [1.807, 2.05) is 35.0 Å².